The summed E-state index contributed by atoms with van der Waals surface area (Å²) in [6.45, 7) is 2.45. The Morgan fingerprint density at radius 2 is 2.15 bits per heavy atom. The molecule has 0 atom stereocenters. The van der Waals surface area contributed by atoms with Crippen LogP contribution in [0.25, 0.3) is 0 Å². The van der Waals surface area contributed by atoms with Crippen LogP contribution in [0.2, 0.25) is 0 Å². The minimum atomic E-state index is 0.269. The van der Waals surface area contributed by atoms with Gasteiger partial charge >= 0.3 is 0 Å². The molecule has 1 aromatic carbocycles. The minimum Gasteiger partial charge on any atom is -0.497 e. The van der Waals surface area contributed by atoms with Crippen LogP contribution in [0.1, 0.15) is 24.0 Å². The van der Waals surface area contributed by atoms with E-state index in [2.05, 4.69) is 11.8 Å². The number of hydrogen-bond acceptors (Lipinski definition) is 4. The van der Waals surface area contributed by atoms with E-state index in [1.54, 1.807) is 7.11 Å². The molecule has 4 nitrogen and oxygen atoms in total. The van der Waals surface area contributed by atoms with Crippen molar-refractivity contribution < 1.29 is 14.2 Å². The van der Waals surface area contributed by atoms with Gasteiger partial charge in [-0.25, -0.2) is 0 Å². The molecule has 1 aliphatic heterocycles. The average Bonchev–Trinajstić information content (AvgIpc) is 2.52. The Kier molecular flexibility index (Phi) is 5.87. The lowest BCUT2D eigenvalue weighted by atomic mass is 10.1. The van der Waals surface area contributed by atoms with Crippen LogP contribution in [0.4, 0.5) is 0 Å². The van der Waals surface area contributed by atoms with Gasteiger partial charge in [0.25, 0.3) is 0 Å². The minimum absolute atomic E-state index is 0.269. The molecule has 0 aliphatic carbocycles. The first-order valence-corrected chi connectivity index (χ1v) is 6.88. The first-order chi connectivity index (χ1) is 9.83. The zero-order valence-corrected chi connectivity index (χ0v) is 11.9. The third-order valence-corrected chi connectivity index (χ3v) is 3.28. The predicted molar refractivity (Wildman–Crippen MR) is 77.6 cm³/mol. The molecule has 0 bridgehead atoms. The number of methoxy groups -OCH3 is 1. The highest BCUT2D eigenvalue weighted by molar-refractivity contribution is 5.45. The zero-order chi connectivity index (χ0) is 14.2. The van der Waals surface area contributed by atoms with Crippen LogP contribution in [0.15, 0.2) is 18.2 Å². The van der Waals surface area contributed by atoms with Gasteiger partial charge in [-0.3, -0.25) is 0 Å². The molecule has 1 aromatic rings. The third kappa shape index (κ3) is 4.24. The lowest BCUT2D eigenvalue weighted by Crippen LogP contribution is -2.23. The number of hydrogen-bond donors (Lipinski definition) is 1. The molecule has 4 heteroatoms. The molecule has 1 aliphatic rings. The summed E-state index contributed by atoms with van der Waals surface area (Å²) < 4.78 is 16.5. The van der Waals surface area contributed by atoms with Gasteiger partial charge in [-0.15, -0.1) is 0 Å². The van der Waals surface area contributed by atoms with Crippen molar-refractivity contribution in [3.8, 4) is 17.6 Å². The number of benzene rings is 1. The van der Waals surface area contributed by atoms with Crippen LogP contribution in [0, 0.1) is 11.8 Å². The van der Waals surface area contributed by atoms with E-state index in [0.717, 1.165) is 42.9 Å². The Hall–Kier alpha value is -1.54. The van der Waals surface area contributed by atoms with Gasteiger partial charge in [0.15, 0.2) is 0 Å². The largest absolute Gasteiger partial charge is 0.497 e. The van der Waals surface area contributed by atoms with Crippen LogP contribution in [-0.4, -0.2) is 33.0 Å². The summed E-state index contributed by atoms with van der Waals surface area (Å²) in [6, 6.07) is 5.82. The van der Waals surface area contributed by atoms with Crippen molar-refractivity contribution in [2.75, 3.05) is 26.9 Å². The summed E-state index contributed by atoms with van der Waals surface area (Å²) in [4.78, 5) is 0. The van der Waals surface area contributed by atoms with E-state index in [-0.39, 0.29) is 6.10 Å². The predicted octanol–water partition coefficient (Wildman–Crippen LogP) is 1.70. The molecular formula is C16H21NO3. The molecule has 0 amide bonds. The molecule has 0 aromatic heterocycles. The van der Waals surface area contributed by atoms with Crippen LogP contribution in [0.5, 0.6) is 5.75 Å². The van der Waals surface area contributed by atoms with Crippen molar-refractivity contribution in [2.24, 2.45) is 5.73 Å². The lowest BCUT2D eigenvalue weighted by molar-refractivity contribution is -0.0391. The first-order valence-electron chi connectivity index (χ1n) is 6.88. The molecule has 0 unspecified atom stereocenters. The number of rotatable bonds is 4. The maximum atomic E-state index is 5.95. The van der Waals surface area contributed by atoms with E-state index in [1.165, 1.54) is 0 Å². The van der Waals surface area contributed by atoms with Crippen molar-refractivity contribution in [1.82, 2.24) is 0 Å². The molecule has 108 valence electrons. The molecule has 20 heavy (non-hydrogen) atoms. The summed E-state index contributed by atoms with van der Waals surface area (Å²) >= 11 is 0. The second-order valence-corrected chi connectivity index (χ2v) is 4.65. The van der Waals surface area contributed by atoms with E-state index in [9.17, 15) is 0 Å². The summed E-state index contributed by atoms with van der Waals surface area (Å²) in [5.74, 6) is 6.77. The Bertz CT molecular complexity index is 484. The topological polar surface area (TPSA) is 53.7 Å². The van der Waals surface area contributed by atoms with E-state index < -0.39 is 0 Å². The summed E-state index contributed by atoms with van der Waals surface area (Å²) in [7, 11) is 1.66. The molecule has 1 heterocycles. The lowest BCUT2D eigenvalue weighted by Gasteiger charge is -2.22. The molecule has 1 saturated heterocycles. The third-order valence-electron chi connectivity index (χ3n) is 3.28. The van der Waals surface area contributed by atoms with Crippen molar-refractivity contribution >= 4 is 0 Å². The fourth-order valence-corrected chi connectivity index (χ4v) is 2.13. The molecule has 1 fully saturated rings. The van der Waals surface area contributed by atoms with Gasteiger partial charge in [0.05, 0.1) is 26.4 Å². The highest BCUT2D eigenvalue weighted by atomic mass is 16.5. The van der Waals surface area contributed by atoms with Crippen molar-refractivity contribution in [1.29, 1.82) is 0 Å². The van der Waals surface area contributed by atoms with E-state index in [1.807, 2.05) is 18.2 Å². The number of nitrogens with two attached hydrogens (primary N) is 1. The SMILES string of the molecule is COc1ccc(C#CCN)c(COC2CCOCC2)c1. The molecule has 0 saturated carbocycles. The quantitative estimate of drug-likeness (QED) is 0.850. The Labute approximate surface area is 120 Å². The zero-order valence-electron chi connectivity index (χ0n) is 11.9. The molecular weight excluding hydrogens is 254 g/mol. The van der Waals surface area contributed by atoms with Crippen LogP contribution < -0.4 is 10.5 Å². The van der Waals surface area contributed by atoms with E-state index >= 15 is 0 Å². The van der Waals surface area contributed by atoms with Crippen molar-refractivity contribution in [3.63, 3.8) is 0 Å². The fourth-order valence-electron chi connectivity index (χ4n) is 2.13. The first kappa shape index (κ1) is 14.9. The summed E-state index contributed by atoms with van der Waals surface area (Å²) in [6.07, 6.45) is 2.17. The maximum Gasteiger partial charge on any atom is 0.119 e. The summed E-state index contributed by atoms with van der Waals surface area (Å²) in [5.41, 5.74) is 7.42. The van der Waals surface area contributed by atoms with Gasteiger partial charge in [-0.1, -0.05) is 11.8 Å². The van der Waals surface area contributed by atoms with Crippen LogP contribution in [-0.2, 0) is 16.1 Å². The Morgan fingerprint density at radius 1 is 1.35 bits per heavy atom. The molecule has 0 radical (unpaired) electrons. The van der Waals surface area contributed by atoms with Gasteiger partial charge in [-0.2, -0.15) is 0 Å². The van der Waals surface area contributed by atoms with Crippen molar-refractivity contribution in [3.05, 3.63) is 29.3 Å². The fraction of sp³-hybridized carbons (Fsp3) is 0.500. The van der Waals surface area contributed by atoms with Gasteiger partial charge < -0.3 is 19.9 Å². The van der Waals surface area contributed by atoms with Gasteiger partial charge in [0.2, 0.25) is 0 Å². The highest BCUT2D eigenvalue weighted by Gasteiger charge is 2.15. The van der Waals surface area contributed by atoms with Crippen LogP contribution >= 0.6 is 0 Å². The molecule has 2 N–H and O–H groups in total. The van der Waals surface area contributed by atoms with E-state index in [0.29, 0.717) is 13.2 Å². The summed E-state index contributed by atoms with van der Waals surface area (Å²) in [5, 5.41) is 0. The number of ether oxygens (including phenoxy) is 3. The second-order valence-electron chi connectivity index (χ2n) is 4.65. The van der Waals surface area contributed by atoms with Crippen molar-refractivity contribution in [2.45, 2.75) is 25.6 Å². The highest BCUT2D eigenvalue weighted by Crippen LogP contribution is 2.20. The van der Waals surface area contributed by atoms with Crippen LogP contribution in [0.3, 0.4) is 0 Å². The molecule has 0 spiro atoms. The maximum absolute atomic E-state index is 5.95. The normalized spacial score (nSPS) is 15.5. The van der Waals surface area contributed by atoms with E-state index in [4.69, 9.17) is 19.9 Å². The monoisotopic (exact) mass is 275 g/mol. The van der Waals surface area contributed by atoms with Gasteiger partial charge in [0.1, 0.15) is 5.75 Å². The molecule has 2 rings (SSSR count). The standard InChI is InChI=1S/C16H21NO3/c1-18-16-5-4-13(3-2-8-17)14(11-16)12-20-15-6-9-19-10-7-15/h4-5,11,15H,6-10,12,17H2,1H3. The van der Waals surface area contributed by atoms with Gasteiger partial charge in [0, 0.05) is 18.8 Å². The average molecular weight is 275 g/mol. The second kappa shape index (κ2) is 7.91. The Balaban J connectivity index is 2.06. The smallest absolute Gasteiger partial charge is 0.119 e. The van der Waals surface area contributed by atoms with Gasteiger partial charge in [-0.05, 0) is 36.6 Å². The Morgan fingerprint density at radius 3 is 2.85 bits per heavy atom.